The number of rotatable bonds is 6. The van der Waals surface area contributed by atoms with Gasteiger partial charge < -0.3 is 9.32 Å². The summed E-state index contributed by atoms with van der Waals surface area (Å²) in [5.74, 6) is 0. The maximum absolute atomic E-state index is 6.47. The Labute approximate surface area is 330 Å². The number of benzene rings is 8. The molecule has 0 saturated heterocycles. The van der Waals surface area contributed by atoms with Crippen LogP contribution in [0.1, 0.15) is 52.7 Å². The third-order valence-electron chi connectivity index (χ3n) is 11.2. The van der Waals surface area contributed by atoms with Crippen molar-refractivity contribution in [2.75, 3.05) is 4.90 Å². The van der Waals surface area contributed by atoms with Crippen molar-refractivity contribution in [3.63, 3.8) is 0 Å². The summed E-state index contributed by atoms with van der Waals surface area (Å²) in [6.07, 6.45) is 0. The molecule has 9 aromatic rings. The number of furan rings is 1. The van der Waals surface area contributed by atoms with Gasteiger partial charge in [0.2, 0.25) is 0 Å². The van der Waals surface area contributed by atoms with Crippen molar-refractivity contribution in [3.05, 3.63) is 187 Å². The van der Waals surface area contributed by atoms with Gasteiger partial charge in [-0.3, -0.25) is 0 Å². The zero-order chi connectivity index (χ0) is 38.6. The maximum Gasteiger partial charge on any atom is 0.137 e. The minimum atomic E-state index is 0.00747. The molecule has 0 unspecified atom stereocenters. The summed E-state index contributed by atoms with van der Waals surface area (Å²) in [7, 11) is 0. The molecular weight excluding hydrogens is 679 g/mol. The van der Waals surface area contributed by atoms with E-state index in [4.69, 9.17) is 4.42 Å². The molecule has 1 heterocycles. The van der Waals surface area contributed by atoms with E-state index >= 15 is 0 Å². The Balaban J connectivity index is 1.27. The normalized spacial score (nSPS) is 12.1. The van der Waals surface area contributed by atoms with E-state index < -0.39 is 0 Å². The third kappa shape index (κ3) is 6.46. The van der Waals surface area contributed by atoms with E-state index in [0.717, 1.165) is 44.6 Å². The summed E-state index contributed by atoms with van der Waals surface area (Å²) in [5.41, 5.74) is 14.9. The van der Waals surface area contributed by atoms with Crippen molar-refractivity contribution in [2.45, 2.75) is 52.4 Å². The van der Waals surface area contributed by atoms with E-state index in [9.17, 15) is 0 Å². The summed E-state index contributed by atoms with van der Waals surface area (Å²) >= 11 is 0. The van der Waals surface area contributed by atoms with Crippen LogP contribution in [0, 0.1) is 0 Å². The molecule has 2 heteroatoms. The van der Waals surface area contributed by atoms with Crippen LogP contribution in [0.2, 0.25) is 0 Å². The Morgan fingerprint density at radius 2 is 0.964 bits per heavy atom. The van der Waals surface area contributed by atoms with Crippen LogP contribution in [0.5, 0.6) is 0 Å². The second kappa shape index (κ2) is 13.7. The van der Waals surface area contributed by atoms with Gasteiger partial charge in [-0.15, -0.1) is 0 Å². The Bertz CT molecular complexity index is 2830. The number of hydrogen-bond donors (Lipinski definition) is 0. The molecule has 0 aliphatic heterocycles. The number of fused-ring (bicyclic) bond motifs is 4. The minimum Gasteiger partial charge on any atom is -0.456 e. The van der Waals surface area contributed by atoms with Gasteiger partial charge in [-0.05, 0) is 96.9 Å². The lowest BCUT2D eigenvalue weighted by atomic mass is 9.78. The van der Waals surface area contributed by atoms with Crippen molar-refractivity contribution in [3.8, 4) is 33.4 Å². The van der Waals surface area contributed by atoms with Crippen molar-refractivity contribution >= 4 is 49.8 Å². The molecule has 0 aliphatic rings. The lowest BCUT2D eigenvalue weighted by molar-refractivity contribution is 0.569. The Kier molecular flexibility index (Phi) is 8.66. The van der Waals surface area contributed by atoms with Crippen LogP contribution in [-0.4, -0.2) is 0 Å². The van der Waals surface area contributed by atoms with E-state index in [1.54, 1.807) is 0 Å². The molecule has 9 rings (SSSR count). The van der Waals surface area contributed by atoms with E-state index in [2.05, 4.69) is 210 Å². The molecular formula is C54H47NO. The zero-order valence-corrected chi connectivity index (χ0v) is 33.1. The lowest BCUT2D eigenvalue weighted by Crippen LogP contribution is -2.16. The number of para-hydroxylation sites is 2. The molecule has 1 aromatic heterocycles. The molecule has 0 saturated carbocycles. The molecule has 0 atom stereocenters. The highest BCUT2D eigenvalue weighted by Gasteiger charge is 2.24. The fourth-order valence-electron chi connectivity index (χ4n) is 8.07. The topological polar surface area (TPSA) is 16.4 Å². The van der Waals surface area contributed by atoms with Crippen molar-refractivity contribution in [1.29, 1.82) is 0 Å². The van der Waals surface area contributed by atoms with Gasteiger partial charge in [-0.1, -0.05) is 175 Å². The highest BCUT2D eigenvalue weighted by Crippen LogP contribution is 2.46. The van der Waals surface area contributed by atoms with Crippen molar-refractivity contribution < 1.29 is 4.42 Å². The molecule has 0 fully saturated rings. The standard InChI is InChI=1S/C54H47NO/c1-53(2,3)40-32-39(33-41(34-40)54(4,5)6)44-22-14-18-38-19-15-23-48(52(38)44)45-20-10-12-24-49(45)55(42-28-26-37(27-29-42)36-16-8-7-9-17-36)43-30-31-47-46-21-11-13-25-50(46)56-51(47)35-43/h7-35H,1-6H3. The van der Waals surface area contributed by atoms with Crippen LogP contribution >= 0.6 is 0 Å². The van der Waals surface area contributed by atoms with Gasteiger partial charge in [0, 0.05) is 33.8 Å². The van der Waals surface area contributed by atoms with Crippen LogP contribution in [0.25, 0.3) is 66.1 Å². The average Bonchev–Trinajstić information content (AvgIpc) is 3.58. The number of anilines is 3. The van der Waals surface area contributed by atoms with Gasteiger partial charge in [-0.25, -0.2) is 0 Å². The second-order valence-corrected chi connectivity index (χ2v) is 17.1. The summed E-state index contributed by atoms with van der Waals surface area (Å²) < 4.78 is 6.47. The Morgan fingerprint density at radius 3 is 1.68 bits per heavy atom. The van der Waals surface area contributed by atoms with Crippen LogP contribution < -0.4 is 4.90 Å². The van der Waals surface area contributed by atoms with E-state index in [0.29, 0.717) is 0 Å². The first kappa shape index (κ1) is 35.3. The van der Waals surface area contributed by atoms with Gasteiger partial charge in [0.05, 0.1) is 5.69 Å². The van der Waals surface area contributed by atoms with Crippen LogP contribution in [0.3, 0.4) is 0 Å². The minimum absolute atomic E-state index is 0.00747. The predicted molar refractivity (Wildman–Crippen MR) is 240 cm³/mol. The first-order valence-electron chi connectivity index (χ1n) is 19.7. The highest BCUT2D eigenvalue weighted by molar-refractivity contribution is 6.10. The molecule has 56 heavy (non-hydrogen) atoms. The quantitative estimate of drug-likeness (QED) is 0.170. The molecule has 0 amide bonds. The first-order chi connectivity index (χ1) is 27.0. The summed E-state index contributed by atoms with van der Waals surface area (Å²) in [5, 5.41) is 4.71. The van der Waals surface area contributed by atoms with E-state index in [1.165, 1.54) is 49.7 Å². The first-order valence-corrected chi connectivity index (χ1v) is 19.7. The van der Waals surface area contributed by atoms with Gasteiger partial charge in [0.1, 0.15) is 11.2 Å². The molecule has 2 nitrogen and oxygen atoms in total. The maximum atomic E-state index is 6.47. The molecule has 8 aromatic carbocycles. The molecule has 274 valence electrons. The fraction of sp³-hybridized carbons (Fsp3) is 0.148. The molecule has 0 aliphatic carbocycles. The SMILES string of the molecule is CC(C)(C)c1cc(-c2cccc3cccc(-c4ccccc4N(c4ccc(-c5ccccc5)cc4)c4ccc5c(c4)oc4ccccc45)c23)cc(C(C)(C)C)c1. The number of hydrogen-bond acceptors (Lipinski definition) is 2. The van der Waals surface area contributed by atoms with Crippen LogP contribution in [-0.2, 0) is 10.8 Å². The number of nitrogens with zero attached hydrogens (tertiary/aromatic N) is 1. The monoisotopic (exact) mass is 725 g/mol. The van der Waals surface area contributed by atoms with Crippen molar-refractivity contribution in [2.24, 2.45) is 0 Å². The van der Waals surface area contributed by atoms with Crippen LogP contribution in [0.15, 0.2) is 180 Å². The Morgan fingerprint density at radius 1 is 0.393 bits per heavy atom. The van der Waals surface area contributed by atoms with E-state index in [-0.39, 0.29) is 10.8 Å². The fourth-order valence-corrected chi connectivity index (χ4v) is 8.07. The van der Waals surface area contributed by atoms with Gasteiger partial charge in [-0.2, -0.15) is 0 Å². The lowest BCUT2D eigenvalue weighted by Gasteiger charge is -2.29. The van der Waals surface area contributed by atoms with Gasteiger partial charge >= 0.3 is 0 Å². The van der Waals surface area contributed by atoms with Gasteiger partial charge in [0.15, 0.2) is 0 Å². The molecule has 0 spiro atoms. The zero-order valence-electron chi connectivity index (χ0n) is 33.1. The molecule has 0 bridgehead atoms. The van der Waals surface area contributed by atoms with Crippen LogP contribution in [0.4, 0.5) is 17.1 Å². The van der Waals surface area contributed by atoms with E-state index in [1.807, 2.05) is 12.1 Å². The smallest absolute Gasteiger partial charge is 0.137 e. The average molecular weight is 726 g/mol. The van der Waals surface area contributed by atoms with Crippen molar-refractivity contribution in [1.82, 2.24) is 0 Å². The third-order valence-corrected chi connectivity index (χ3v) is 11.2. The molecule has 0 N–H and O–H groups in total. The second-order valence-electron chi connectivity index (χ2n) is 17.1. The summed E-state index contributed by atoms with van der Waals surface area (Å²) in [4.78, 5) is 2.39. The van der Waals surface area contributed by atoms with Gasteiger partial charge in [0.25, 0.3) is 0 Å². The summed E-state index contributed by atoms with van der Waals surface area (Å²) in [6.45, 7) is 13.9. The predicted octanol–water partition coefficient (Wildman–Crippen LogP) is 15.8. The Hall–Kier alpha value is -6.38. The largest absolute Gasteiger partial charge is 0.456 e. The molecule has 0 radical (unpaired) electrons. The highest BCUT2D eigenvalue weighted by atomic mass is 16.3. The summed E-state index contributed by atoms with van der Waals surface area (Å²) in [6, 6.07) is 64.0.